The van der Waals surface area contributed by atoms with Gasteiger partial charge in [0.25, 0.3) is 0 Å². The van der Waals surface area contributed by atoms with E-state index in [0.29, 0.717) is 12.0 Å². The minimum atomic E-state index is 0. The van der Waals surface area contributed by atoms with Gasteiger partial charge in [0.1, 0.15) is 0 Å². The number of nitrogens with one attached hydrogen (secondary N) is 1. The van der Waals surface area contributed by atoms with Crippen LogP contribution in [0.15, 0.2) is 4.99 Å². The monoisotopic (exact) mass is 368 g/mol. The second-order valence-electron chi connectivity index (χ2n) is 4.78. The van der Waals surface area contributed by atoms with Crippen molar-refractivity contribution in [1.29, 1.82) is 0 Å². The van der Waals surface area contributed by atoms with E-state index in [4.69, 9.17) is 5.73 Å². The fraction of sp³-hybridized carbons (Fsp3) is 0.923. The van der Waals surface area contributed by atoms with E-state index in [1.54, 1.807) is 0 Å². The fourth-order valence-electron chi connectivity index (χ4n) is 2.37. The first-order valence-electron chi connectivity index (χ1n) is 7.05. The molecule has 0 amide bonds. The van der Waals surface area contributed by atoms with E-state index in [2.05, 4.69) is 29.1 Å². The first-order chi connectivity index (χ1) is 8.27. The average Bonchev–Trinajstić information content (AvgIpc) is 2.79. The third-order valence-corrected chi connectivity index (χ3v) is 3.46. The van der Waals surface area contributed by atoms with E-state index in [0.717, 1.165) is 19.6 Å². The molecule has 0 spiro atoms. The molecule has 0 aromatic heterocycles. The smallest absolute Gasteiger partial charge is 0.188 e. The molecule has 0 aromatic carbocycles. The van der Waals surface area contributed by atoms with E-state index in [1.165, 1.54) is 38.6 Å². The molecule has 0 aromatic rings. The zero-order chi connectivity index (χ0) is 12.5. The summed E-state index contributed by atoms with van der Waals surface area (Å²) in [5.41, 5.74) is 5.84. The lowest BCUT2D eigenvalue weighted by Crippen LogP contribution is -2.36. The molecule has 5 heteroatoms. The number of nitrogens with zero attached hydrogens (tertiary/aromatic N) is 2. The Morgan fingerprint density at radius 3 is 2.83 bits per heavy atom. The Hall–Kier alpha value is -0.0400. The minimum absolute atomic E-state index is 0. The quantitative estimate of drug-likeness (QED) is 0.314. The fourth-order valence-corrected chi connectivity index (χ4v) is 2.37. The molecule has 108 valence electrons. The molecule has 1 atom stereocenters. The first kappa shape index (κ1) is 18.0. The number of rotatable bonds is 7. The number of guanidine groups is 1. The molecule has 4 nitrogen and oxygen atoms in total. The van der Waals surface area contributed by atoms with Gasteiger partial charge in [-0.2, -0.15) is 0 Å². The van der Waals surface area contributed by atoms with E-state index in [1.807, 2.05) is 0 Å². The van der Waals surface area contributed by atoms with Crippen LogP contribution in [0.25, 0.3) is 0 Å². The number of unbranched alkanes of at least 4 members (excludes halogenated alkanes) is 2. The summed E-state index contributed by atoms with van der Waals surface area (Å²) in [6.07, 6.45) is 6.24. The number of hydrogen-bond donors (Lipinski definition) is 2. The Morgan fingerprint density at radius 2 is 2.17 bits per heavy atom. The highest BCUT2D eigenvalue weighted by atomic mass is 127. The van der Waals surface area contributed by atoms with Gasteiger partial charge in [-0.25, -0.2) is 0 Å². The Balaban J connectivity index is 0.00000289. The van der Waals surface area contributed by atoms with Crippen molar-refractivity contribution in [3.8, 4) is 0 Å². The Kier molecular flexibility index (Phi) is 10.8. The maximum atomic E-state index is 5.84. The second-order valence-corrected chi connectivity index (χ2v) is 4.78. The third-order valence-electron chi connectivity index (χ3n) is 3.46. The molecular formula is C13H29IN4. The number of halogens is 1. The molecular weight excluding hydrogens is 339 g/mol. The Morgan fingerprint density at radius 1 is 1.39 bits per heavy atom. The van der Waals surface area contributed by atoms with Gasteiger partial charge in [0, 0.05) is 12.6 Å². The topological polar surface area (TPSA) is 53.6 Å². The van der Waals surface area contributed by atoms with Crippen molar-refractivity contribution >= 4 is 29.9 Å². The van der Waals surface area contributed by atoms with Crippen LogP contribution in [0.4, 0.5) is 0 Å². The Labute approximate surface area is 129 Å². The predicted octanol–water partition coefficient (Wildman–Crippen LogP) is 2.18. The van der Waals surface area contributed by atoms with Crippen molar-refractivity contribution in [2.75, 3.05) is 26.2 Å². The summed E-state index contributed by atoms with van der Waals surface area (Å²) in [6, 6.07) is 0.607. The standard InChI is InChI=1S/C13H28N4.HI/c1-3-5-6-9-15-13(14)16-11-12-8-7-10-17(12)4-2;/h12H,3-11H2,1-2H3,(H3,14,15,16);1H. The molecule has 1 fully saturated rings. The van der Waals surface area contributed by atoms with Crippen molar-refractivity contribution in [1.82, 2.24) is 10.2 Å². The van der Waals surface area contributed by atoms with Crippen LogP contribution in [0.3, 0.4) is 0 Å². The van der Waals surface area contributed by atoms with Crippen LogP contribution in [-0.4, -0.2) is 43.1 Å². The molecule has 1 aliphatic heterocycles. The molecule has 18 heavy (non-hydrogen) atoms. The molecule has 1 unspecified atom stereocenters. The number of likely N-dealkylation sites (tertiary alicyclic amines) is 1. The van der Waals surface area contributed by atoms with Gasteiger partial charge in [-0.15, -0.1) is 24.0 Å². The summed E-state index contributed by atoms with van der Waals surface area (Å²) >= 11 is 0. The van der Waals surface area contributed by atoms with Crippen LogP contribution in [0.1, 0.15) is 46.0 Å². The first-order valence-corrected chi connectivity index (χ1v) is 7.05. The minimum Gasteiger partial charge on any atom is -0.370 e. The highest BCUT2D eigenvalue weighted by molar-refractivity contribution is 14.0. The van der Waals surface area contributed by atoms with Crippen molar-refractivity contribution in [2.24, 2.45) is 10.7 Å². The van der Waals surface area contributed by atoms with Gasteiger partial charge >= 0.3 is 0 Å². The molecule has 1 rings (SSSR count). The van der Waals surface area contributed by atoms with Crippen LogP contribution < -0.4 is 11.1 Å². The van der Waals surface area contributed by atoms with Gasteiger partial charge in [0.2, 0.25) is 0 Å². The SMILES string of the molecule is CCCCCNC(N)=NCC1CCCN1CC.I. The Bertz CT molecular complexity index is 233. The molecule has 3 N–H and O–H groups in total. The molecule has 1 aliphatic rings. The predicted molar refractivity (Wildman–Crippen MR) is 89.7 cm³/mol. The van der Waals surface area contributed by atoms with Gasteiger partial charge in [0.05, 0.1) is 6.54 Å². The number of likely N-dealkylation sites (N-methyl/N-ethyl adjacent to an activating group) is 1. The molecule has 0 radical (unpaired) electrons. The third kappa shape index (κ3) is 6.78. The van der Waals surface area contributed by atoms with Crippen LogP contribution in [0.5, 0.6) is 0 Å². The number of aliphatic imine (C=N–C) groups is 1. The van der Waals surface area contributed by atoms with Crippen LogP contribution in [0, 0.1) is 0 Å². The van der Waals surface area contributed by atoms with Gasteiger partial charge in [-0.1, -0.05) is 26.7 Å². The summed E-state index contributed by atoms with van der Waals surface area (Å²) in [7, 11) is 0. The normalized spacial score (nSPS) is 20.8. The molecule has 0 bridgehead atoms. The van der Waals surface area contributed by atoms with Gasteiger partial charge in [0.15, 0.2) is 5.96 Å². The highest BCUT2D eigenvalue weighted by Crippen LogP contribution is 2.16. The van der Waals surface area contributed by atoms with Crippen molar-refractivity contribution in [3.63, 3.8) is 0 Å². The lowest BCUT2D eigenvalue weighted by atomic mass is 10.2. The zero-order valence-electron chi connectivity index (χ0n) is 11.8. The summed E-state index contributed by atoms with van der Waals surface area (Å²) in [4.78, 5) is 6.94. The van der Waals surface area contributed by atoms with Crippen molar-refractivity contribution in [3.05, 3.63) is 0 Å². The second kappa shape index (κ2) is 10.8. The maximum Gasteiger partial charge on any atom is 0.188 e. The van der Waals surface area contributed by atoms with Crippen LogP contribution >= 0.6 is 24.0 Å². The molecule has 0 saturated carbocycles. The zero-order valence-corrected chi connectivity index (χ0v) is 14.2. The summed E-state index contributed by atoms with van der Waals surface area (Å²) < 4.78 is 0. The molecule has 1 heterocycles. The van der Waals surface area contributed by atoms with Gasteiger partial charge < -0.3 is 11.1 Å². The highest BCUT2D eigenvalue weighted by Gasteiger charge is 2.22. The molecule has 0 aliphatic carbocycles. The number of nitrogens with two attached hydrogens (primary N) is 1. The van der Waals surface area contributed by atoms with Crippen LogP contribution in [0.2, 0.25) is 0 Å². The average molecular weight is 368 g/mol. The lowest BCUT2D eigenvalue weighted by Gasteiger charge is -2.20. The van der Waals surface area contributed by atoms with Crippen molar-refractivity contribution in [2.45, 2.75) is 52.0 Å². The van der Waals surface area contributed by atoms with E-state index < -0.39 is 0 Å². The summed E-state index contributed by atoms with van der Waals surface area (Å²) in [5.74, 6) is 0.615. The van der Waals surface area contributed by atoms with Gasteiger partial charge in [-0.05, 0) is 32.4 Å². The number of hydrogen-bond acceptors (Lipinski definition) is 2. The van der Waals surface area contributed by atoms with E-state index in [9.17, 15) is 0 Å². The summed E-state index contributed by atoms with van der Waals surface area (Å²) in [5, 5.41) is 3.18. The molecule has 1 saturated heterocycles. The van der Waals surface area contributed by atoms with E-state index in [-0.39, 0.29) is 24.0 Å². The van der Waals surface area contributed by atoms with Gasteiger partial charge in [-0.3, -0.25) is 9.89 Å². The largest absolute Gasteiger partial charge is 0.370 e. The van der Waals surface area contributed by atoms with Crippen molar-refractivity contribution < 1.29 is 0 Å². The lowest BCUT2D eigenvalue weighted by molar-refractivity contribution is 0.273. The summed E-state index contributed by atoms with van der Waals surface area (Å²) in [6.45, 7) is 8.57. The van der Waals surface area contributed by atoms with E-state index >= 15 is 0 Å². The maximum absolute atomic E-state index is 5.84. The van der Waals surface area contributed by atoms with Crippen LogP contribution in [-0.2, 0) is 0 Å².